The first-order valence-electron chi connectivity index (χ1n) is 17.6. The number of hydrogen-bond acceptors (Lipinski definition) is 2. The van der Waals surface area contributed by atoms with Crippen LogP contribution in [0.15, 0.2) is 58.5 Å². The lowest BCUT2D eigenvalue weighted by Crippen LogP contribution is -2.12. The molecule has 232 valence electrons. The predicted molar refractivity (Wildman–Crippen MR) is 190 cm³/mol. The van der Waals surface area contributed by atoms with E-state index in [-0.39, 0.29) is 0 Å². The van der Waals surface area contributed by atoms with Gasteiger partial charge in [0, 0.05) is 0 Å². The Morgan fingerprint density at radius 2 is 0.929 bits per heavy atom. The predicted octanol–water partition coefficient (Wildman–Crippen LogP) is 12.8. The van der Waals surface area contributed by atoms with E-state index < -0.39 is 0 Å². The highest BCUT2D eigenvalue weighted by Crippen LogP contribution is 2.24. The molecular formula is C40H62N2. The van der Waals surface area contributed by atoms with E-state index in [1.807, 2.05) is 0 Å². The maximum atomic E-state index is 5.33. The molecule has 42 heavy (non-hydrogen) atoms. The fourth-order valence-corrected chi connectivity index (χ4v) is 5.48. The Bertz CT molecular complexity index is 1060. The van der Waals surface area contributed by atoms with Crippen LogP contribution >= 0.6 is 0 Å². The van der Waals surface area contributed by atoms with Gasteiger partial charge in [-0.25, -0.2) is 4.99 Å². The highest BCUT2D eigenvalue weighted by atomic mass is 14.8. The molecule has 0 amide bonds. The number of benzene rings is 2. The normalized spacial score (nSPS) is 12.5. The number of aliphatic imine (C=N–C) groups is 2. The average Bonchev–Trinajstić information content (AvgIpc) is 3.02. The molecule has 0 bridgehead atoms. The van der Waals surface area contributed by atoms with Crippen molar-refractivity contribution in [1.29, 1.82) is 0 Å². The third kappa shape index (κ3) is 14.1. The van der Waals surface area contributed by atoms with Gasteiger partial charge in [-0.2, -0.15) is 0 Å². The van der Waals surface area contributed by atoms with Gasteiger partial charge in [0.2, 0.25) is 0 Å². The molecule has 0 unspecified atom stereocenters. The monoisotopic (exact) mass is 570 g/mol. The van der Waals surface area contributed by atoms with Gasteiger partial charge >= 0.3 is 0 Å². The van der Waals surface area contributed by atoms with Crippen LogP contribution in [0.1, 0.15) is 154 Å². The molecule has 2 aromatic rings. The third-order valence-electron chi connectivity index (χ3n) is 8.28. The minimum absolute atomic E-state index is 0.959. The van der Waals surface area contributed by atoms with Crippen molar-refractivity contribution in [2.45, 2.75) is 157 Å². The molecule has 0 atom stereocenters. The van der Waals surface area contributed by atoms with E-state index in [9.17, 15) is 0 Å². The van der Waals surface area contributed by atoms with Crippen molar-refractivity contribution in [2.75, 3.05) is 0 Å². The van der Waals surface area contributed by atoms with E-state index in [0.717, 1.165) is 67.7 Å². The molecular weight excluding hydrogens is 508 g/mol. The summed E-state index contributed by atoms with van der Waals surface area (Å²) in [6.45, 7) is 13.5. The van der Waals surface area contributed by atoms with Gasteiger partial charge in [0.1, 0.15) is 0 Å². The van der Waals surface area contributed by atoms with Crippen LogP contribution in [0, 0.1) is 0 Å². The highest BCUT2D eigenvalue weighted by Gasteiger charge is 2.10. The number of allylic oxidation sites excluding steroid dienone is 2. The first kappa shape index (κ1) is 35.7. The second-order valence-corrected chi connectivity index (χ2v) is 12.0. The first-order chi connectivity index (χ1) is 20.6. The molecule has 2 heteroatoms. The van der Waals surface area contributed by atoms with Crippen LogP contribution in [0.3, 0.4) is 0 Å². The van der Waals surface area contributed by atoms with Crippen molar-refractivity contribution in [3.8, 4) is 0 Å². The van der Waals surface area contributed by atoms with Crippen LogP contribution in [-0.2, 0) is 25.7 Å². The Labute approximate surface area is 260 Å². The molecule has 2 nitrogen and oxygen atoms in total. The lowest BCUT2D eigenvalue weighted by atomic mass is 10.0. The lowest BCUT2D eigenvalue weighted by Gasteiger charge is -2.11. The fourth-order valence-electron chi connectivity index (χ4n) is 5.48. The zero-order valence-electron chi connectivity index (χ0n) is 28.2. The summed E-state index contributed by atoms with van der Waals surface area (Å²) >= 11 is 0. The van der Waals surface area contributed by atoms with Gasteiger partial charge in [0.05, 0.1) is 22.8 Å². The van der Waals surface area contributed by atoms with Gasteiger partial charge in [0.15, 0.2) is 0 Å². The molecule has 0 aliphatic carbocycles. The summed E-state index contributed by atoms with van der Waals surface area (Å²) in [6, 6.07) is 13.7. The van der Waals surface area contributed by atoms with Crippen LogP contribution in [0.5, 0.6) is 0 Å². The lowest BCUT2D eigenvalue weighted by molar-refractivity contribution is 0.566. The van der Waals surface area contributed by atoms with Crippen molar-refractivity contribution in [3.63, 3.8) is 0 Å². The number of unbranched alkanes of at least 4 members (excludes halogenated alkanes) is 11. The molecule has 0 N–H and O–H groups in total. The largest absolute Gasteiger partial charge is 0.251 e. The maximum Gasteiger partial charge on any atom is 0.0848 e. The number of aryl methyl sites for hydroxylation is 4. The second kappa shape index (κ2) is 22.1. The maximum absolute atomic E-state index is 5.33. The zero-order chi connectivity index (χ0) is 30.4. The van der Waals surface area contributed by atoms with Gasteiger partial charge < -0.3 is 0 Å². The van der Waals surface area contributed by atoms with E-state index in [2.05, 4.69) is 90.1 Å². The first-order valence-corrected chi connectivity index (χ1v) is 17.6. The highest BCUT2D eigenvalue weighted by molar-refractivity contribution is 6.47. The summed E-state index contributed by atoms with van der Waals surface area (Å²) in [7, 11) is 0. The molecule has 0 saturated heterocycles. The van der Waals surface area contributed by atoms with E-state index in [1.165, 1.54) is 92.9 Å². The van der Waals surface area contributed by atoms with Crippen molar-refractivity contribution < 1.29 is 0 Å². The van der Waals surface area contributed by atoms with Crippen LogP contribution < -0.4 is 0 Å². The van der Waals surface area contributed by atoms with E-state index in [0.29, 0.717) is 0 Å². The topological polar surface area (TPSA) is 24.7 Å². The SMILES string of the molecule is CCCCCCCCCCC/C=C/C(=Nc1cc(CC)cc(CC)c1)C(CCCCC)=Nc1cc(CC)cc(CC)c1. The van der Waals surface area contributed by atoms with E-state index in [1.54, 1.807) is 0 Å². The summed E-state index contributed by atoms with van der Waals surface area (Å²) in [5, 5.41) is 0. The Morgan fingerprint density at radius 1 is 0.500 bits per heavy atom. The molecule has 0 radical (unpaired) electrons. The number of rotatable bonds is 22. The van der Waals surface area contributed by atoms with Crippen molar-refractivity contribution in [3.05, 3.63) is 70.8 Å². The summed E-state index contributed by atoms with van der Waals surface area (Å²) in [5.74, 6) is 0. The van der Waals surface area contributed by atoms with Crippen LogP contribution in [0.25, 0.3) is 0 Å². The molecule has 0 spiro atoms. The van der Waals surface area contributed by atoms with Crippen LogP contribution in [0.4, 0.5) is 11.4 Å². The minimum atomic E-state index is 0.959. The second-order valence-electron chi connectivity index (χ2n) is 12.0. The van der Waals surface area contributed by atoms with Crippen molar-refractivity contribution in [1.82, 2.24) is 0 Å². The summed E-state index contributed by atoms with van der Waals surface area (Å²) < 4.78 is 0. The van der Waals surface area contributed by atoms with E-state index >= 15 is 0 Å². The molecule has 0 aliphatic rings. The number of nitrogens with zero attached hydrogens (tertiary/aromatic N) is 2. The van der Waals surface area contributed by atoms with Gasteiger partial charge in [-0.1, -0.05) is 124 Å². The van der Waals surface area contributed by atoms with Crippen LogP contribution in [-0.4, -0.2) is 11.4 Å². The third-order valence-corrected chi connectivity index (χ3v) is 8.28. The Kier molecular flexibility index (Phi) is 18.8. The van der Waals surface area contributed by atoms with E-state index in [4.69, 9.17) is 9.98 Å². The summed E-state index contributed by atoms with van der Waals surface area (Å²) in [6.07, 6.45) is 26.7. The zero-order valence-corrected chi connectivity index (χ0v) is 28.2. The molecule has 0 aliphatic heterocycles. The molecule has 0 saturated carbocycles. The van der Waals surface area contributed by atoms with Crippen molar-refractivity contribution in [2.24, 2.45) is 9.98 Å². The van der Waals surface area contributed by atoms with Crippen molar-refractivity contribution >= 4 is 22.8 Å². The van der Waals surface area contributed by atoms with Gasteiger partial charge in [0.25, 0.3) is 0 Å². The Balaban J connectivity index is 2.34. The van der Waals surface area contributed by atoms with Gasteiger partial charge in [-0.15, -0.1) is 0 Å². The smallest absolute Gasteiger partial charge is 0.0848 e. The van der Waals surface area contributed by atoms with Gasteiger partial charge in [-0.05, 0) is 104 Å². The molecule has 0 aromatic heterocycles. The molecule has 2 rings (SSSR count). The molecule has 2 aromatic carbocycles. The fraction of sp³-hybridized carbons (Fsp3) is 0.600. The minimum Gasteiger partial charge on any atom is -0.251 e. The quantitative estimate of drug-likeness (QED) is 0.0993. The standard InChI is InChI=1S/C40H62N2/c1-7-13-15-16-17-18-19-20-21-22-24-26-40(42-38-31-35(11-5)28-36(12-6)32-38)39(25-23-14-8-2)41-37-29-33(9-3)27-34(10-4)30-37/h24,26-32H,7-23,25H2,1-6H3/b26-24+,41-39?,42-40?. The average molecular weight is 571 g/mol. The molecule has 0 heterocycles. The summed E-state index contributed by atoms with van der Waals surface area (Å²) in [5.41, 5.74) is 9.76. The summed E-state index contributed by atoms with van der Waals surface area (Å²) in [4.78, 5) is 10.7. The molecule has 0 fully saturated rings. The van der Waals surface area contributed by atoms with Gasteiger partial charge in [-0.3, -0.25) is 4.99 Å². The Morgan fingerprint density at radius 3 is 1.40 bits per heavy atom. The number of hydrogen-bond donors (Lipinski definition) is 0. The Hall–Kier alpha value is -2.48. The van der Waals surface area contributed by atoms with Crippen LogP contribution in [0.2, 0.25) is 0 Å².